The molecule has 4 heteroatoms. The van der Waals surface area contributed by atoms with Gasteiger partial charge in [0.05, 0.1) is 6.04 Å². The normalized spacial score (nSPS) is 16.6. The molecular formula is C12H13ClN2O. The predicted molar refractivity (Wildman–Crippen MR) is 63.1 cm³/mol. The molecule has 1 atom stereocenters. The van der Waals surface area contributed by atoms with Crippen molar-refractivity contribution in [2.75, 3.05) is 0 Å². The molecule has 2 rings (SSSR count). The third kappa shape index (κ3) is 2.61. The van der Waals surface area contributed by atoms with Gasteiger partial charge in [-0.15, -0.1) is 0 Å². The lowest BCUT2D eigenvalue weighted by Gasteiger charge is -2.17. The van der Waals surface area contributed by atoms with Crippen LogP contribution in [0.15, 0.2) is 31.0 Å². The van der Waals surface area contributed by atoms with E-state index < -0.39 is 0 Å². The molecule has 1 aliphatic rings. The van der Waals surface area contributed by atoms with Gasteiger partial charge in [0, 0.05) is 6.20 Å². The zero-order chi connectivity index (χ0) is 11.5. The maximum atomic E-state index is 11.3. The first-order valence-corrected chi connectivity index (χ1v) is 5.63. The maximum absolute atomic E-state index is 11.3. The molecular weight excluding hydrogens is 224 g/mol. The number of hydrogen-bond donors (Lipinski definition) is 1. The zero-order valence-electron chi connectivity index (χ0n) is 8.82. The van der Waals surface area contributed by atoms with Crippen molar-refractivity contribution in [2.45, 2.75) is 18.9 Å². The molecule has 0 spiro atoms. The average Bonchev–Trinajstić information content (AvgIpc) is 3.09. The summed E-state index contributed by atoms with van der Waals surface area (Å²) in [5, 5.41) is 3.38. The lowest BCUT2D eigenvalue weighted by atomic mass is 10.0. The van der Waals surface area contributed by atoms with Gasteiger partial charge in [0.15, 0.2) is 0 Å². The van der Waals surface area contributed by atoms with Gasteiger partial charge in [-0.25, -0.2) is 4.98 Å². The van der Waals surface area contributed by atoms with Crippen molar-refractivity contribution in [2.24, 2.45) is 5.92 Å². The van der Waals surface area contributed by atoms with Crippen LogP contribution < -0.4 is 5.32 Å². The van der Waals surface area contributed by atoms with Gasteiger partial charge >= 0.3 is 0 Å². The third-order valence-electron chi connectivity index (χ3n) is 2.69. The number of aromatic nitrogens is 1. The van der Waals surface area contributed by atoms with Crippen LogP contribution in [0, 0.1) is 5.92 Å². The van der Waals surface area contributed by atoms with Crippen molar-refractivity contribution in [3.63, 3.8) is 0 Å². The number of pyridine rings is 1. The van der Waals surface area contributed by atoms with E-state index >= 15 is 0 Å². The van der Waals surface area contributed by atoms with Gasteiger partial charge < -0.3 is 5.32 Å². The molecule has 0 saturated heterocycles. The summed E-state index contributed by atoms with van der Waals surface area (Å²) in [6.45, 7) is 3.45. The van der Waals surface area contributed by atoms with Crippen LogP contribution in [0.4, 0.5) is 0 Å². The molecule has 1 N–H and O–H groups in total. The molecule has 1 aromatic rings. The second-order valence-electron chi connectivity index (χ2n) is 3.94. The summed E-state index contributed by atoms with van der Waals surface area (Å²) >= 11 is 5.84. The SMILES string of the molecule is C=CC(=O)NC(c1ccnc(Cl)c1)C1CC1. The van der Waals surface area contributed by atoms with E-state index in [1.165, 1.54) is 6.08 Å². The Labute approximate surface area is 99.5 Å². The molecule has 1 heterocycles. The summed E-state index contributed by atoms with van der Waals surface area (Å²) in [6.07, 6.45) is 5.23. The van der Waals surface area contributed by atoms with Crippen molar-refractivity contribution >= 4 is 17.5 Å². The maximum Gasteiger partial charge on any atom is 0.243 e. The summed E-state index contributed by atoms with van der Waals surface area (Å²) in [7, 11) is 0. The number of amides is 1. The summed E-state index contributed by atoms with van der Waals surface area (Å²) in [4.78, 5) is 15.3. The van der Waals surface area contributed by atoms with Crippen molar-refractivity contribution in [1.82, 2.24) is 10.3 Å². The Bertz CT molecular complexity index is 415. The fourth-order valence-electron chi connectivity index (χ4n) is 1.73. The second kappa shape index (κ2) is 4.66. The van der Waals surface area contributed by atoms with Gasteiger partial charge in [-0.05, 0) is 42.5 Å². The van der Waals surface area contributed by atoms with E-state index in [9.17, 15) is 4.79 Å². The van der Waals surface area contributed by atoms with Crippen LogP contribution in [0.3, 0.4) is 0 Å². The molecule has 0 radical (unpaired) electrons. The molecule has 1 unspecified atom stereocenters. The van der Waals surface area contributed by atoms with Gasteiger partial charge in [0.25, 0.3) is 0 Å². The molecule has 3 nitrogen and oxygen atoms in total. The Morgan fingerprint density at radius 3 is 3.00 bits per heavy atom. The monoisotopic (exact) mass is 236 g/mol. The molecule has 1 aromatic heterocycles. The lowest BCUT2D eigenvalue weighted by molar-refractivity contribution is -0.117. The Morgan fingerprint density at radius 1 is 1.69 bits per heavy atom. The van der Waals surface area contributed by atoms with Crippen LogP contribution >= 0.6 is 11.6 Å². The lowest BCUT2D eigenvalue weighted by Crippen LogP contribution is -2.28. The molecule has 16 heavy (non-hydrogen) atoms. The van der Waals surface area contributed by atoms with Crippen molar-refractivity contribution in [3.8, 4) is 0 Å². The van der Waals surface area contributed by atoms with Crippen LogP contribution in [0.25, 0.3) is 0 Å². The number of halogens is 1. The molecule has 84 valence electrons. The number of nitrogens with one attached hydrogen (secondary N) is 1. The molecule has 1 saturated carbocycles. The molecule has 1 amide bonds. The van der Waals surface area contributed by atoms with Gasteiger partial charge in [-0.2, -0.15) is 0 Å². The first kappa shape index (κ1) is 11.1. The summed E-state index contributed by atoms with van der Waals surface area (Å²) in [5.41, 5.74) is 1.01. The summed E-state index contributed by atoms with van der Waals surface area (Å²) in [5.74, 6) is 0.368. The number of hydrogen-bond acceptors (Lipinski definition) is 2. The van der Waals surface area contributed by atoms with Gasteiger partial charge in [0.1, 0.15) is 5.15 Å². The smallest absolute Gasteiger partial charge is 0.243 e. The number of carbonyl (C=O) groups is 1. The largest absolute Gasteiger partial charge is 0.345 e. The Morgan fingerprint density at radius 2 is 2.44 bits per heavy atom. The number of rotatable bonds is 4. The highest BCUT2D eigenvalue weighted by atomic mass is 35.5. The summed E-state index contributed by atoms with van der Waals surface area (Å²) < 4.78 is 0. The van der Waals surface area contributed by atoms with Gasteiger partial charge in [0.2, 0.25) is 5.91 Å². The van der Waals surface area contributed by atoms with Gasteiger partial charge in [-0.3, -0.25) is 4.79 Å². The zero-order valence-corrected chi connectivity index (χ0v) is 9.57. The molecule has 1 fully saturated rings. The minimum Gasteiger partial charge on any atom is -0.345 e. The Hall–Kier alpha value is -1.35. The van der Waals surface area contributed by atoms with E-state index in [0.717, 1.165) is 18.4 Å². The first-order chi connectivity index (χ1) is 7.70. The highest BCUT2D eigenvalue weighted by Crippen LogP contribution is 2.41. The minimum absolute atomic E-state index is 0.0333. The second-order valence-corrected chi connectivity index (χ2v) is 4.33. The average molecular weight is 237 g/mol. The Kier molecular flexibility index (Phi) is 3.25. The van der Waals surface area contributed by atoms with Crippen molar-refractivity contribution in [3.05, 3.63) is 41.7 Å². The van der Waals surface area contributed by atoms with Crippen molar-refractivity contribution < 1.29 is 4.79 Å². The van der Waals surface area contributed by atoms with E-state index in [2.05, 4.69) is 16.9 Å². The topological polar surface area (TPSA) is 42.0 Å². The highest BCUT2D eigenvalue weighted by Gasteiger charge is 2.33. The number of carbonyl (C=O) groups excluding carboxylic acids is 1. The quantitative estimate of drug-likeness (QED) is 0.645. The standard InChI is InChI=1S/C12H13ClN2O/c1-2-11(16)15-12(8-3-4-8)9-5-6-14-10(13)7-9/h2,5-8,12H,1,3-4H2,(H,15,16). The van der Waals surface area contributed by atoms with E-state index in [1.807, 2.05) is 6.07 Å². The fourth-order valence-corrected chi connectivity index (χ4v) is 1.91. The highest BCUT2D eigenvalue weighted by molar-refractivity contribution is 6.29. The molecule has 0 bridgehead atoms. The van der Waals surface area contributed by atoms with Crippen LogP contribution in [0.2, 0.25) is 5.15 Å². The first-order valence-electron chi connectivity index (χ1n) is 5.25. The molecule has 0 aromatic carbocycles. The Balaban J connectivity index is 2.18. The van der Waals surface area contributed by atoms with Crippen LogP contribution in [0.1, 0.15) is 24.4 Å². The minimum atomic E-state index is -0.148. The van der Waals surface area contributed by atoms with E-state index in [4.69, 9.17) is 11.6 Å². The van der Waals surface area contributed by atoms with E-state index in [-0.39, 0.29) is 11.9 Å². The third-order valence-corrected chi connectivity index (χ3v) is 2.89. The predicted octanol–water partition coefficient (Wildman–Crippen LogP) is 2.49. The van der Waals surface area contributed by atoms with E-state index in [0.29, 0.717) is 11.1 Å². The van der Waals surface area contributed by atoms with E-state index in [1.54, 1.807) is 12.3 Å². The van der Waals surface area contributed by atoms with Crippen LogP contribution in [0.5, 0.6) is 0 Å². The molecule has 1 aliphatic carbocycles. The number of nitrogens with zero attached hydrogens (tertiary/aromatic N) is 1. The van der Waals surface area contributed by atoms with Crippen molar-refractivity contribution in [1.29, 1.82) is 0 Å². The summed E-state index contributed by atoms with van der Waals surface area (Å²) in [6, 6.07) is 3.72. The van der Waals surface area contributed by atoms with Crippen LogP contribution in [-0.4, -0.2) is 10.9 Å². The van der Waals surface area contributed by atoms with Gasteiger partial charge in [-0.1, -0.05) is 18.2 Å². The fraction of sp³-hybridized carbons (Fsp3) is 0.333. The molecule has 0 aliphatic heterocycles. The van der Waals surface area contributed by atoms with Crippen LogP contribution in [-0.2, 0) is 4.79 Å².